The van der Waals surface area contributed by atoms with E-state index in [0.29, 0.717) is 5.92 Å². The van der Waals surface area contributed by atoms with E-state index in [9.17, 15) is 0 Å². The third-order valence-electron chi connectivity index (χ3n) is 3.38. The molecule has 18 heavy (non-hydrogen) atoms. The number of para-hydroxylation sites is 1. The highest BCUT2D eigenvalue weighted by atomic mass is 16.5. The van der Waals surface area contributed by atoms with E-state index in [0.717, 1.165) is 24.5 Å². The molecule has 0 saturated heterocycles. The number of aromatic nitrogens is 2. The second-order valence-electron chi connectivity index (χ2n) is 5.14. The Morgan fingerprint density at radius 2 is 2.22 bits per heavy atom. The topological polar surface area (TPSA) is 27.1 Å². The Hall–Kier alpha value is -1.77. The minimum absolute atomic E-state index is 0.231. The van der Waals surface area contributed by atoms with E-state index in [-0.39, 0.29) is 6.10 Å². The zero-order valence-electron chi connectivity index (χ0n) is 10.8. The molecule has 3 rings (SSSR count). The lowest BCUT2D eigenvalue weighted by Gasteiger charge is -2.15. The molecule has 0 aliphatic carbocycles. The maximum absolute atomic E-state index is 5.97. The van der Waals surface area contributed by atoms with Crippen LogP contribution in [-0.4, -0.2) is 15.7 Å². The lowest BCUT2D eigenvalue weighted by molar-refractivity contribution is 0.207. The summed E-state index contributed by atoms with van der Waals surface area (Å²) in [4.78, 5) is 4.41. The van der Waals surface area contributed by atoms with Gasteiger partial charge in [-0.05, 0) is 11.6 Å². The van der Waals surface area contributed by atoms with Crippen molar-refractivity contribution in [3.05, 3.63) is 48.0 Å². The SMILES string of the molecule is CC(C)c1nccn1CC1Cc2ccccc2O1. The molecular formula is C15H18N2O. The van der Waals surface area contributed by atoms with Crippen molar-refractivity contribution in [3.8, 4) is 5.75 Å². The molecule has 1 aromatic heterocycles. The molecule has 1 aromatic carbocycles. The van der Waals surface area contributed by atoms with Crippen molar-refractivity contribution < 1.29 is 4.74 Å². The van der Waals surface area contributed by atoms with Crippen molar-refractivity contribution in [2.75, 3.05) is 0 Å². The predicted octanol–water partition coefficient (Wildman–Crippen LogP) is 3.01. The Morgan fingerprint density at radius 3 is 3.00 bits per heavy atom. The van der Waals surface area contributed by atoms with Crippen LogP contribution in [0.15, 0.2) is 36.7 Å². The first-order valence-electron chi connectivity index (χ1n) is 6.49. The second kappa shape index (κ2) is 4.48. The summed E-state index contributed by atoms with van der Waals surface area (Å²) in [6.45, 7) is 5.22. The molecule has 0 spiro atoms. The number of imidazole rings is 1. The monoisotopic (exact) mass is 242 g/mol. The van der Waals surface area contributed by atoms with Crippen LogP contribution in [0.1, 0.15) is 31.2 Å². The number of benzene rings is 1. The third-order valence-corrected chi connectivity index (χ3v) is 3.38. The van der Waals surface area contributed by atoms with Crippen LogP contribution in [0, 0.1) is 0 Å². The summed E-state index contributed by atoms with van der Waals surface area (Å²) in [5, 5.41) is 0. The average molecular weight is 242 g/mol. The highest BCUT2D eigenvalue weighted by Crippen LogP contribution is 2.29. The second-order valence-corrected chi connectivity index (χ2v) is 5.14. The van der Waals surface area contributed by atoms with Gasteiger partial charge in [0.2, 0.25) is 0 Å². The van der Waals surface area contributed by atoms with Crippen molar-refractivity contribution in [2.24, 2.45) is 0 Å². The number of hydrogen-bond donors (Lipinski definition) is 0. The number of fused-ring (bicyclic) bond motifs is 1. The lowest BCUT2D eigenvalue weighted by atomic mass is 10.1. The van der Waals surface area contributed by atoms with E-state index in [1.54, 1.807) is 0 Å². The standard InChI is InChI=1S/C15H18N2O/c1-11(2)15-16-7-8-17(15)10-13-9-12-5-3-4-6-14(12)18-13/h3-8,11,13H,9-10H2,1-2H3. The van der Waals surface area contributed by atoms with E-state index in [1.165, 1.54) is 5.56 Å². The summed E-state index contributed by atoms with van der Waals surface area (Å²) in [6.07, 6.45) is 5.14. The van der Waals surface area contributed by atoms with Crippen molar-refractivity contribution in [1.82, 2.24) is 9.55 Å². The summed E-state index contributed by atoms with van der Waals surface area (Å²) in [6, 6.07) is 8.29. The molecule has 0 amide bonds. The summed E-state index contributed by atoms with van der Waals surface area (Å²) in [5.41, 5.74) is 1.31. The third kappa shape index (κ3) is 2.01. The van der Waals surface area contributed by atoms with Crippen LogP contribution in [0.3, 0.4) is 0 Å². The van der Waals surface area contributed by atoms with Gasteiger partial charge in [0.05, 0.1) is 6.54 Å². The largest absolute Gasteiger partial charge is 0.488 e. The number of rotatable bonds is 3. The predicted molar refractivity (Wildman–Crippen MR) is 70.9 cm³/mol. The van der Waals surface area contributed by atoms with Crippen molar-refractivity contribution >= 4 is 0 Å². The molecule has 1 atom stereocenters. The van der Waals surface area contributed by atoms with Crippen LogP contribution in [0.4, 0.5) is 0 Å². The molecule has 0 bridgehead atoms. The molecule has 2 aromatic rings. The first-order valence-corrected chi connectivity index (χ1v) is 6.49. The number of ether oxygens (including phenoxy) is 1. The van der Waals surface area contributed by atoms with Gasteiger partial charge >= 0.3 is 0 Å². The van der Waals surface area contributed by atoms with Gasteiger partial charge in [-0.1, -0.05) is 32.0 Å². The molecule has 3 nitrogen and oxygen atoms in total. The lowest BCUT2D eigenvalue weighted by Crippen LogP contribution is -2.22. The highest BCUT2D eigenvalue weighted by Gasteiger charge is 2.23. The van der Waals surface area contributed by atoms with Crippen molar-refractivity contribution in [1.29, 1.82) is 0 Å². The molecule has 2 heterocycles. The molecular weight excluding hydrogens is 224 g/mol. The minimum Gasteiger partial charge on any atom is -0.488 e. The highest BCUT2D eigenvalue weighted by molar-refractivity contribution is 5.37. The molecule has 0 N–H and O–H groups in total. The average Bonchev–Trinajstić information content (AvgIpc) is 2.94. The summed E-state index contributed by atoms with van der Waals surface area (Å²) < 4.78 is 8.18. The van der Waals surface area contributed by atoms with Crippen LogP contribution in [0.5, 0.6) is 5.75 Å². The summed E-state index contributed by atoms with van der Waals surface area (Å²) in [5.74, 6) is 2.62. The quantitative estimate of drug-likeness (QED) is 0.827. The van der Waals surface area contributed by atoms with E-state index < -0.39 is 0 Å². The Labute approximate surface area is 107 Å². The molecule has 0 fully saturated rings. The van der Waals surface area contributed by atoms with E-state index in [2.05, 4.69) is 35.5 Å². The van der Waals surface area contributed by atoms with Gasteiger partial charge in [-0.25, -0.2) is 4.98 Å². The zero-order valence-corrected chi connectivity index (χ0v) is 10.8. The van der Waals surface area contributed by atoms with Gasteiger partial charge in [0, 0.05) is 24.7 Å². The zero-order chi connectivity index (χ0) is 12.5. The Kier molecular flexibility index (Phi) is 2.82. The first kappa shape index (κ1) is 11.3. The fourth-order valence-electron chi connectivity index (χ4n) is 2.55. The van der Waals surface area contributed by atoms with Crippen LogP contribution in [0.2, 0.25) is 0 Å². The van der Waals surface area contributed by atoms with Gasteiger partial charge in [0.25, 0.3) is 0 Å². The Bertz CT molecular complexity index is 520. The first-order chi connectivity index (χ1) is 8.74. The molecule has 94 valence electrons. The van der Waals surface area contributed by atoms with E-state index in [1.807, 2.05) is 24.5 Å². The number of nitrogens with zero attached hydrogens (tertiary/aromatic N) is 2. The molecule has 1 aliphatic rings. The Morgan fingerprint density at radius 1 is 1.39 bits per heavy atom. The molecule has 0 saturated carbocycles. The fraction of sp³-hybridized carbons (Fsp3) is 0.400. The Balaban J connectivity index is 1.74. The smallest absolute Gasteiger partial charge is 0.123 e. The van der Waals surface area contributed by atoms with Crippen LogP contribution >= 0.6 is 0 Å². The molecule has 1 unspecified atom stereocenters. The van der Waals surface area contributed by atoms with Gasteiger partial charge in [-0.3, -0.25) is 0 Å². The van der Waals surface area contributed by atoms with Gasteiger partial charge in [0.15, 0.2) is 0 Å². The molecule has 0 radical (unpaired) electrons. The van der Waals surface area contributed by atoms with Crippen molar-refractivity contribution in [3.63, 3.8) is 0 Å². The fourth-order valence-corrected chi connectivity index (χ4v) is 2.55. The van der Waals surface area contributed by atoms with E-state index >= 15 is 0 Å². The van der Waals surface area contributed by atoms with Crippen molar-refractivity contribution in [2.45, 2.75) is 38.8 Å². The van der Waals surface area contributed by atoms with Gasteiger partial charge in [-0.15, -0.1) is 0 Å². The van der Waals surface area contributed by atoms with Crippen LogP contribution in [-0.2, 0) is 13.0 Å². The van der Waals surface area contributed by atoms with Gasteiger partial charge in [0.1, 0.15) is 17.7 Å². The van der Waals surface area contributed by atoms with Gasteiger partial charge < -0.3 is 9.30 Å². The summed E-state index contributed by atoms with van der Waals surface area (Å²) in [7, 11) is 0. The van der Waals surface area contributed by atoms with Crippen LogP contribution in [0.25, 0.3) is 0 Å². The van der Waals surface area contributed by atoms with Gasteiger partial charge in [-0.2, -0.15) is 0 Å². The minimum atomic E-state index is 0.231. The van der Waals surface area contributed by atoms with Crippen LogP contribution < -0.4 is 4.74 Å². The summed E-state index contributed by atoms with van der Waals surface area (Å²) >= 11 is 0. The number of hydrogen-bond acceptors (Lipinski definition) is 2. The maximum atomic E-state index is 5.97. The van der Waals surface area contributed by atoms with E-state index in [4.69, 9.17) is 4.74 Å². The maximum Gasteiger partial charge on any atom is 0.123 e. The molecule has 1 aliphatic heterocycles. The molecule has 3 heteroatoms. The normalized spacial score (nSPS) is 17.8.